The highest BCUT2D eigenvalue weighted by Crippen LogP contribution is 2.20. The molecule has 35 nitrogen and oxygen atoms in total. The number of aliphatic carboxylic acids is 2. The van der Waals surface area contributed by atoms with Crippen LogP contribution in [0.15, 0.2) is 15.0 Å². The van der Waals surface area contributed by atoms with Gasteiger partial charge in [0.05, 0.1) is 6.10 Å². The van der Waals surface area contributed by atoms with Crippen molar-refractivity contribution in [2.45, 2.75) is 190 Å². The fourth-order valence-electron chi connectivity index (χ4n) is 8.50. The van der Waals surface area contributed by atoms with E-state index in [9.17, 15) is 68.1 Å². The number of nitrogens with two attached hydrogens (primary N) is 9. The minimum atomic E-state index is -1.62. The Morgan fingerprint density at radius 1 is 0.482 bits per heavy atom. The first kappa shape index (κ1) is 74.8. The van der Waals surface area contributed by atoms with Crippen molar-refractivity contribution >= 4 is 83.0 Å². The van der Waals surface area contributed by atoms with Gasteiger partial charge in [-0.1, -0.05) is 0 Å². The van der Waals surface area contributed by atoms with Crippen LogP contribution in [0, 0.1) is 0 Å². The van der Waals surface area contributed by atoms with E-state index in [1.54, 1.807) is 0 Å². The fraction of sp³-hybridized carbons (Fsp3) is 0.720. The first-order valence-electron chi connectivity index (χ1n) is 28.2. The summed E-state index contributed by atoms with van der Waals surface area (Å²) in [4.78, 5) is 160. The van der Waals surface area contributed by atoms with Gasteiger partial charge >= 0.3 is 11.9 Å². The third kappa shape index (κ3) is 29.8. The second-order valence-corrected chi connectivity index (χ2v) is 20.5. The summed E-state index contributed by atoms with van der Waals surface area (Å²) in [6, 6.07) is -13.7. The highest BCUT2D eigenvalue weighted by atomic mass is 16.4. The summed E-state index contributed by atoms with van der Waals surface area (Å²) in [6.45, 7) is 4.52. The molecule has 0 aromatic carbocycles. The lowest BCUT2D eigenvalue weighted by Gasteiger charge is -2.29. The highest BCUT2D eigenvalue weighted by Gasteiger charge is 2.39. The Labute approximate surface area is 493 Å². The Balaban J connectivity index is 3.38. The molecule has 35 heteroatoms. The number of unbranched alkanes of at least 4 members (excludes halogenated alkanes) is 2. The van der Waals surface area contributed by atoms with Crippen molar-refractivity contribution < 1.29 is 68.1 Å². The number of aliphatic hydroxyl groups is 1. The van der Waals surface area contributed by atoms with Gasteiger partial charge in [-0.2, -0.15) is 0 Å². The molecule has 1 aliphatic rings. The van der Waals surface area contributed by atoms with E-state index >= 15 is 0 Å². The van der Waals surface area contributed by atoms with Gasteiger partial charge in [0.25, 0.3) is 0 Å². The molecule has 1 fully saturated rings. The van der Waals surface area contributed by atoms with Gasteiger partial charge in [0.1, 0.15) is 60.4 Å². The van der Waals surface area contributed by atoms with Crippen LogP contribution >= 0.6 is 0 Å². The Hall–Kier alpha value is -8.18. The van der Waals surface area contributed by atoms with E-state index in [4.69, 9.17) is 51.6 Å². The van der Waals surface area contributed by atoms with Crippen molar-refractivity contribution in [2.75, 3.05) is 39.3 Å². The molecule has 0 bridgehead atoms. The maximum absolute atomic E-state index is 14.1. The van der Waals surface area contributed by atoms with Crippen molar-refractivity contribution in [1.29, 1.82) is 0 Å². The summed E-state index contributed by atoms with van der Waals surface area (Å²) < 4.78 is 0. The summed E-state index contributed by atoms with van der Waals surface area (Å²) in [7, 11) is 0. The number of carboxylic acid groups (broad SMARTS) is 2. The van der Waals surface area contributed by atoms with Crippen LogP contribution in [0.1, 0.15) is 124 Å². The third-order valence-corrected chi connectivity index (χ3v) is 13.3. The van der Waals surface area contributed by atoms with E-state index in [-0.39, 0.29) is 115 Å². The fourth-order valence-corrected chi connectivity index (χ4v) is 8.50. The lowest BCUT2D eigenvalue weighted by molar-refractivity contribution is -0.142. The number of aliphatic imine (C=N–C) groups is 3. The van der Waals surface area contributed by atoms with E-state index in [1.807, 2.05) is 0 Å². The number of carbonyl (C=O) groups excluding carboxylic acids is 9. The van der Waals surface area contributed by atoms with Gasteiger partial charge in [-0.25, -0.2) is 4.79 Å². The molecular weight excluding hydrogens is 1120 g/mol. The number of guanidine groups is 3. The second kappa shape index (κ2) is 40.1. The summed E-state index contributed by atoms with van der Waals surface area (Å²) in [6.07, 6.45) is -0.0859. The van der Waals surface area contributed by atoms with Crippen LogP contribution in [0.2, 0.25) is 0 Å². The number of hydrogen-bond donors (Lipinski definition) is 20. The largest absolute Gasteiger partial charge is 0.481 e. The predicted octanol–water partition coefficient (Wildman–Crippen LogP) is -8.03. The van der Waals surface area contributed by atoms with Gasteiger partial charge in [-0.15, -0.1) is 0 Å². The summed E-state index contributed by atoms with van der Waals surface area (Å²) in [5.41, 5.74) is 49.8. The number of nitrogens with zero attached hydrogens (tertiary/aromatic N) is 4. The Kier molecular flexibility index (Phi) is 35.3. The van der Waals surface area contributed by atoms with Crippen LogP contribution in [0.4, 0.5) is 0 Å². The van der Waals surface area contributed by atoms with Gasteiger partial charge in [0.2, 0.25) is 53.2 Å². The number of carbonyl (C=O) groups is 11. The number of aliphatic hydroxyl groups excluding tert-OH is 1. The SMILES string of the molecule is C[C@H](NC(=O)[C@H](C)NC(=O)[C@H](CCC(=O)O)NC(=O)[C@H](CCCN=C(N)N)NC(=O)[C@@H]1CCCN1C(=O)[C@@H](N)[C@@H](C)O)C(=O)N[C@@H](CCCN=C(N)N)C(=O)N[C@@H](CCCCN)C(=O)N[C@@H](CCCCN)C(=O)N[C@@H](CCCN=C(N)N)C(=O)O. The van der Waals surface area contributed by atoms with E-state index in [0.717, 1.165) is 0 Å². The quantitative estimate of drug-likeness (QED) is 0.0153. The molecule has 85 heavy (non-hydrogen) atoms. The number of nitrogens with one attached hydrogen (secondary N) is 8. The zero-order valence-electron chi connectivity index (χ0n) is 48.7. The molecular formula is C50H93N21O14. The zero-order chi connectivity index (χ0) is 64.3. The molecule has 11 atom stereocenters. The van der Waals surface area contributed by atoms with Crippen LogP contribution in [0.5, 0.6) is 0 Å². The zero-order valence-corrected chi connectivity index (χ0v) is 48.7. The standard InChI is InChI=1S/C50H93N21O14/c1-26(64-40(77)33(18-19-36(73)74)68-43(80)32(15-9-23-61-49(56)57)69-45(82)35-17-11-25-71(35)46(83)37(53)28(3)72)38(75)63-27(2)39(76)65-31(14-8-22-60-48(54)55)42(79)66-29(12-4-6-20-51)41(78)67-30(13-5-7-21-52)44(81)70-34(47(84)85)16-10-24-62-50(58)59/h26-35,37,72H,4-25,51-53H2,1-3H3,(H,63,75)(H,64,77)(H,65,76)(H,66,79)(H,67,78)(H,68,80)(H,69,82)(H,70,81)(H,73,74)(H,84,85)(H4,54,55,60)(H4,56,57,61)(H4,58,59,62)/t26-,27-,28+,29-,30-,31-,32-,33-,34-,35-,37-/m0/s1. The molecule has 1 heterocycles. The monoisotopic (exact) mass is 1210 g/mol. The Morgan fingerprint density at radius 2 is 0.824 bits per heavy atom. The molecule has 1 saturated heterocycles. The minimum Gasteiger partial charge on any atom is -0.481 e. The number of rotatable bonds is 42. The summed E-state index contributed by atoms with van der Waals surface area (Å²) >= 11 is 0. The van der Waals surface area contributed by atoms with Crippen LogP contribution in [0.25, 0.3) is 0 Å². The third-order valence-electron chi connectivity index (χ3n) is 13.3. The van der Waals surface area contributed by atoms with E-state index < -0.39 is 144 Å². The topological polar surface area (TPSA) is 619 Å². The van der Waals surface area contributed by atoms with Crippen LogP contribution in [0.3, 0.4) is 0 Å². The molecule has 0 saturated carbocycles. The Bertz CT molecular complexity index is 2310. The second-order valence-electron chi connectivity index (χ2n) is 20.5. The Morgan fingerprint density at radius 3 is 1.21 bits per heavy atom. The smallest absolute Gasteiger partial charge is 0.326 e. The van der Waals surface area contributed by atoms with Crippen molar-refractivity contribution in [1.82, 2.24) is 47.4 Å². The minimum absolute atomic E-state index is 0.00225. The molecule has 0 aromatic rings. The van der Waals surface area contributed by atoms with E-state index in [1.165, 1.54) is 25.7 Å². The number of carboxylic acids is 2. The lowest BCUT2D eigenvalue weighted by Crippen LogP contribution is -2.60. The van der Waals surface area contributed by atoms with Crippen molar-refractivity contribution in [2.24, 2.45) is 66.6 Å². The summed E-state index contributed by atoms with van der Waals surface area (Å²) in [5.74, 6) is -11.2. The van der Waals surface area contributed by atoms with Crippen molar-refractivity contribution in [3.63, 3.8) is 0 Å². The number of amides is 9. The molecule has 1 rings (SSSR count). The predicted molar refractivity (Wildman–Crippen MR) is 311 cm³/mol. The average Bonchev–Trinajstić information content (AvgIpc) is 3.49. The highest BCUT2D eigenvalue weighted by molar-refractivity contribution is 5.98. The van der Waals surface area contributed by atoms with Gasteiger partial charge in [-0.3, -0.25) is 62.9 Å². The molecule has 0 aromatic heterocycles. The van der Waals surface area contributed by atoms with Crippen LogP contribution < -0.4 is 94.1 Å². The molecule has 9 amide bonds. The maximum Gasteiger partial charge on any atom is 0.326 e. The first-order chi connectivity index (χ1) is 40.0. The van der Waals surface area contributed by atoms with Crippen molar-refractivity contribution in [3.05, 3.63) is 0 Å². The molecule has 0 spiro atoms. The summed E-state index contributed by atoms with van der Waals surface area (Å²) in [5, 5.41) is 49.4. The maximum atomic E-state index is 14.1. The van der Waals surface area contributed by atoms with Crippen LogP contribution in [-0.4, -0.2) is 209 Å². The van der Waals surface area contributed by atoms with Gasteiger partial charge in [0.15, 0.2) is 17.9 Å². The van der Waals surface area contributed by atoms with E-state index in [0.29, 0.717) is 32.1 Å². The number of likely N-dealkylation sites (tertiary alicyclic amines) is 1. The van der Waals surface area contributed by atoms with Gasteiger partial charge in [-0.05, 0) is 130 Å². The van der Waals surface area contributed by atoms with Crippen LogP contribution in [-0.2, 0) is 52.7 Å². The molecule has 0 radical (unpaired) electrons. The average molecular weight is 1210 g/mol. The molecule has 482 valence electrons. The van der Waals surface area contributed by atoms with Gasteiger partial charge < -0.3 is 114 Å². The molecule has 0 aliphatic carbocycles. The molecule has 0 unspecified atom stereocenters. The molecule has 1 aliphatic heterocycles. The lowest BCUT2D eigenvalue weighted by atomic mass is 10.0. The number of hydrogen-bond acceptors (Lipinski definition) is 18. The molecule has 29 N–H and O–H groups in total. The van der Waals surface area contributed by atoms with Gasteiger partial charge in [0, 0.05) is 32.6 Å². The first-order valence-corrected chi connectivity index (χ1v) is 28.2. The van der Waals surface area contributed by atoms with Crippen molar-refractivity contribution in [3.8, 4) is 0 Å². The normalized spacial score (nSPS) is 16.3. The van der Waals surface area contributed by atoms with E-state index in [2.05, 4.69) is 57.5 Å².